The molecule has 2 bridgehead atoms. The van der Waals surface area contributed by atoms with E-state index in [1.54, 1.807) is 30.7 Å². The molecule has 0 unspecified atom stereocenters. The van der Waals surface area contributed by atoms with Gasteiger partial charge in [-0.25, -0.2) is 0 Å². The second-order valence-corrected chi connectivity index (χ2v) is 7.85. The van der Waals surface area contributed by atoms with Crippen LogP contribution in [-0.4, -0.2) is 50.9 Å². The SMILES string of the molecule is CC(=O)NC[C@H]1[C@H]2C[C@H](CN(C(=O)CCc3cnccn3)C2)c2cccc(=O)n21. The van der Waals surface area contributed by atoms with Crippen LogP contribution in [0.5, 0.6) is 0 Å². The monoisotopic (exact) mass is 395 g/mol. The van der Waals surface area contributed by atoms with E-state index in [4.69, 9.17) is 0 Å². The van der Waals surface area contributed by atoms with Crippen molar-refractivity contribution in [1.82, 2.24) is 24.8 Å². The average Bonchev–Trinajstić information content (AvgIpc) is 2.73. The van der Waals surface area contributed by atoms with Crippen LogP contribution in [0.15, 0.2) is 41.6 Å². The number of aromatic nitrogens is 3. The number of aryl methyl sites for hydroxylation is 1. The summed E-state index contributed by atoms with van der Waals surface area (Å²) in [7, 11) is 0. The molecule has 0 spiro atoms. The van der Waals surface area contributed by atoms with Crippen molar-refractivity contribution in [3.8, 4) is 0 Å². The molecule has 152 valence electrons. The van der Waals surface area contributed by atoms with E-state index in [0.29, 0.717) is 32.5 Å². The van der Waals surface area contributed by atoms with Crippen LogP contribution in [0.1, 0.15) is 43.1 Å². The number of carbonyl (C=O) groups excluding carboxylic acids is 2. The largest absolute Gasteiger partial charge is 0.354 e. The quantitative estimate of drug-likeness (QED) is 0.811. The lowest BCUT2D eigenvalue weighted by atomic mass is 9.78. The summed E-state index contributed by atoms with van der Waals surface area (Å²) in [4.78, 5) is 47.1. The Bertz CT molecular complexity index is 958. The number of hydrogen-bond donors (Lipinski definition) is 1. The van der Waals surface area contributed by atoms with E-state index >= 15 is 0 Å². The van der Waals surface area contributed by atoms with E-state index in [9.17, 15) is 14.4 Å². The van der Waals surface area contributed by atoms with Gasteiger partial charge in [0.05, 0.1) is 11.7 Å². The van der Waals surface area contributed by atoms with Crippen molar-refractivity contribution in [2.24, 2.45) is 5.92 Å². The lowest BCUT2D eigenvalue weighted by Crippen LogP contribution is -2.53. The van der Waals surface area contributed by atoms with Gasteiger partial charge in [0, 0.05) is 69.2 Å². The fourth-order valence-electron chi connectivity index (χ4n) is 4.61. The lowest BCUT2D eigenvalue weighted by molar-refractivity contribution is -0.134. The maximum atomic E-state index is 12.9. The van der Waals surface area contributed by atoms with Gasteiger partial charge in [-0.05, 0) is 24.8 Å². The van der Waals surface area contributed by atoms with Crippen LogP contribution in [0.2, 0.25) is 0 Å². The third-order valence-corrected chi connectivity index (χ3v) is 5.92. The normalized spacial score (nSPS) is 22.7. The van der Waals surface area contributed by atoms with Gasteiger partial charge in [0.25, 0.3) is 5.56 Å². The van der Waals surface area contributed by atoms with Crippen molar-refractivity contribution in [2.45, 2.75) is 38.1 Å². The summed E-state index contributed by atoms with van der Waals surface area (Å²) >= 11 is 0. The molecular weight excluding hydrogens is 370 g/mol. The highest BCUT2D eigenvalue weighted by molar-refractivity contribution is 5.76. The first-order valence-electron chi connectivity index (χ1n) is 10.0. The second-order valence-electron chi connectivity index (χ2n) is 7.85. The fourth-order valence-corrected chi connectivity index (χ4v) is 4.61. The number of hydrogen-bond acceptors (Lipinski definition) is 5. The molecule has 1 fully saturated rings. The molecule has 29 heavy (non-hydrogen) atoms. The highest BCUT2D eigenvalue weighted by Gasteiger charge is 2.41. The van der Waals surface area contributed by atoms with Gasteiger partial charge in [0.15, 0.2) is 0 Å². The van der Waals surface area contributed by atoms with Crippen LogP contribution in [0.3, 0.4) is 0 Å². The third-order valence-electron chi connectivity index (χ3n) is 5.92. The van der Waals surface area contributed by atoms with Crippen LogP contribution in [0.25, 0.3) is 0 Å². The Balaban J connectivity index is 1.53. The maximum Gasteiger partial charge on any atom is 0.251 e. The Labute approximate surface area is 169 Å². The van der Waals surface area contributed by atoms with Crippen LogP contribution >= 0.6 is 0 Å². The summed E-state index contributed by atoms with van der Waals surface area (Å²) in [6.07, 6.45) is 6.80. The molecule has 8 nitrogen and oxygen atoms in total. The van der Waals surface area contributed by atoms with E-state index in [-0.39, 0.29) is 35.3 Å². The summed E-state index contributed by atoms with van der Waals surface area (Å²) in [6, 6.07) is 5.17. The van der Waals surface area contributed by atoms with E-state index in [1.165, 1.54) is 6.92 Å². The number of likely N-dealkylation sites (tertiary alicyclic amines) is 1. The van der Waals surface area contributed by atoms with Gasteiger partial charge in [0.2, 0.25) is 11.8 Å². The second kappa shape index (κ2) is 8.14. The highest BCUT2D eigenvalue weighted by Crippen LogP contribution is 2.40. The Kier molecular flexibility index (Phi) is 5.42. The molecule has 2 amide bonds. The van der Waals surface area contributed by atoms with Crippen molar-refractivity contribution in [3.05, 3.63) is 58.5 Å². The van der Waals surface area contributed by atoms with Gasteiger partial charge in [0.1, 0.15) is 0 Å². The first-order chi connectivity index (χ1) is 14.0. The summed E-state index contributed by atoms with van der Waals surface area (Å²) in [5.74, 6) is 0.242. The summed E-state index contributed by atoms with van der Waals surface area (Å²) in [5.41, 5.74) is 1.71. The predicted molar refractivity (Wildman–Crippen MR) is 106 cm³/mol. The number of nitrogens with zero attached hydrogens (tertiary/aromatic N) is 4. The van der Waals surface area contributed by atoms with Crippen molar-refractivity contribution in [3.63, 3.8) is 0 Å². The number of carbonyl (C=O) groups is 2. The maximum absolute atomic E-state index is 12.9. The van der Waals surface area contributed by atoms with Crippen LogP contribution in [0, 0.1) is 5.92 Å². The molecule has 2 aliphatic heterocycles. The molecular formula is C21H25N5O3. The van der Waals surface area contributed by atoms with Crippen molar-refractivity contribution in [1.29, 1.82) is 0 Å². The predicted octanol–water partition coefficient (Wildman–Crippen LogP) is 0.894. The van der Waals surface area contributed by atoms with Crippen molar-refractivity contribution < 1.29 is 9.59 Å². The fraction of sp³-hybridized carbons (Fsp3) is 0.476. The van der Waals surface area contributed by atoms with Crippen molar-refractivity contribution >= 4 is 11.8 Å². The van der Waals surface area contributed by atoms with Gasteiger partial charge in [-0.15, -0.1) is 0 Å². The molecule has 3 atom stereocenters. The third kappa shape index (κ3) is 4.06. The molecule has 2 aromatic rings. The zero-order valence-electron chi connectivity index (χ0n) is 16.5. The molecule has 4 rings (SSSR count). The van der Waals surface area contributed by atoms with Gasteiger partial charge < -0.3 is 14.8 Å². The van der Waals surface area contributed by atoms with Crippen LogP contribution in [-0.2, 0) is 16.0 Å². The molecule has 0 radical (unpaired) electrons. The Morgan fingerprint density at radius 2 is 2.10 bits per heavy atom. The zero-order chi connectivity index (χ0) is 20.4. The van der Waals surface area contributed by atoms with E-state index in [2.05, 4.69) is 15.3 Å². The Morgan fingerprint density at radius 1 is 1.24 bits per heavy atom. The van der Waals surface area contributed by atoms with Gasteiger partial charge in [-0.3, -0.25) is 24.4 Å². The Hall–Kier alpha value is -3.03. The average molecular weight is 395 g/mol. The number of pyridine rings is 1. The molecule has 2 aromatic heterocycles. The van der Waals surface area contributed by atoms with Crippen LogP contribution in [0.4, 0.5) is 0 Å². The molecule has 1 N–H and O–H groups in total. The van der Waals surface area contributed by atoms with Crippen LogP contribution < -0.4 is 10.9 Å². The van der Waals surface area contributed by atoms with Gasteiger partial charge in [-0.1, -0.05) is 6.07 Å². The topological polar surface area (TPSA) is 97.2 Å². The number of piperidine rings is 1. The summed E-state index contributed by atoms with van der Waals surface area (Å²) < 4.78 is 1.83. The first-order valence-corrected chi connectivity index (χ1v) is 10.0. The molecule has 8 heteroatoms. The number of rotatable bonds is 5. The zero-order valence-corrected chi connectivity index (χ0v) is 16.5. The standard InChI is InChI=1S/C21H25N5O3/c1-14(27)24-11-19-16-9-15(18-3-2-4-21(29)26(18)19)12-25(13-16)20(28)6-5-17-10-22-7-8-23-17/h2-4,7-8,10,15-16,19H,5-6,9,11-13H2,1H3,(H,24,27)/t15-,16+,19+/m1/s1. The summed E-state index contributed by atoms with van der Waals surface area (Å²) in [5, 5.41) is 2.86. The molecule has 4 heterocycles. The van der Waals surface area contributed by atoms with E-state index in [0.717, 1.165) is 17.8 Å². The minimum atomic E-state index is -0.144. The minimum Gasteiger partial charge on any atom is -0.354 e. The summed E-state index contributed by atoms with van der Waals surface area (Å²) in [6.45, 7) is 3.09. The highest BCUT2D eigenvalue weighted by atomic mass is 16.2. The van der Waals surface area contributed by atoms with E-state index in [1.807, 2.05) is 15.5 Å². The minimum absolute atomic E-state index is 0.0463. The molecule has 0 aliphatic carbocycles. The smallest absolute Gasteiger partial charge is 0.251 e. The molecule has 0 aromatic carbocycles. The molecule has 0 saturated carbocycles. The van der Waals surface area contributed by atoms with Gasteiger partial charge >= 0.3 is 0 Å². The van der Waals surface area contributed by atoms with Crippen molar-refractivity contribution in [2.75, 3.05) is 19.6 Å². The van der Waals surface area contributed by atoms with E-state index < -0.39 is 0 Å². The lowest BCUT2D eigenvalue weighted by Gasteiger charge is -2.47. The number of nitrogens with one attached hydrogen (secondary N) is 1. The first kappa shape index (κ1) is 19.3. The Morgan fingerprint density at radius 3 is 2.86 bits per heavy atom. The molecule has 2 aliphatic rings. The number of amides is 2. The van der Waals surface area contributed by atoms with Gasteiger partial charge in [-0.2, -0.15) is 0 Å². The molecule has 1 saturated heterocycles. The number of fused-ring (bicyclic) bond motifs is 4.